The van der Waals surface area contributed by atoms with Crippen LogP contribution in [-0.2, 0) is 4.79 Å². The summed E-state index contributed by atoms with van der Waals surface area (Å²) < 4.78 is 0. The molecule has 5 heteroatoms. The SMILES string of the molecule is CN(C)C(=O)CN1CCCC2(CCN(c3ccccn3)C2)C1. The van der Waals surface area contributed by atoms with Gasteiger partial charge in [0.05, 0.1) is 6.54 Å². The molecule has 2 saturated heterocycles. The zero-order valence-electron chi connectivity index (χ0n) is 13.7. The van der Waals surface area contributed by atoms with Gasteiger partial charge in [0.25, 0.3) is 0 Å². The second kappa shape index (κ2) is 6.24. The third-order valence-corrected chi connectivity index (χ3v) is 5.01. The van der Waals surface area contributed by atoms with E-state index in [9.17, 15) is 4.79 Å². The molecule has 0 saturated carbocycles. The van der Waals surface area contributed by atoms with Gasteiger partial charge in [0, 0.05) is 45.3 Å². The fourth-order valence-corrected chi connectivity index (χ4v) is 3.78. The summed E-state index contributed by atoms with van der Waals surface area (Å²) >= 11 is 0. The van der Waals surface area contributed by atoms with Gasteiger partial charge in [0.15, 0.2) is 0 Å². The first-order valence-electron chi connectivity index (χ1n) is 8.17. The number of pyridine rings is 1. The summed E-state index contributed by atoms with van der Waals surface area (Å²) in [5.41, 5.74) is 0.336. The summed E-state index contributed by atoms with van der Waals surface area (Å²) in [6.07, 6.45) is 5.53. The number of piperidine rings is 1. The molecule has 1 unspecified atom stereocenters. The van der Waals surface area contributed by atoms with E-state index in [1.165, 1.54) is 19.3 Å². The van der Waals surface area contributed by atoms with E-state index in [1.54, 1.807) is 4.90 Å². The van der Waals surface area contributed by atoms with E-state index in [0.29, 0.717) is 12.0 Å². The Balaban J connectivity index is 1.63. The Labute approximate surface area is 132 Å². The van der Waals surface area contributed by atoms with Gasteiger partial charge in [-0.3, -0.25) is 9.69 Å². The number of amides is 1. The van der Waals surface area contributed by atoms with E-state index in [4.69, 9.17) is 0 Å². The number of carbonyl (C=O) groups excluding carboxylic acids is 1. The molecule has 0 bridgehead atoms. The van der Waals surface area contributed by atoms with E-state index in [1.807, 2.05) is 26.4 Å². The van der Waals surface area contributed by atoms with Gasteiger partial charge >= 0.3 is 0 Å². The lowest BCUT2D eigenvalue weighted by Gasteiger charge is -2.40. The number of hydrogen-bond donors (Lipinski definition) is 0. The molecular weight excluding hydrogens is 276 g/mol. The van der Waals surface area contributed by atoms with E-state index in [2.05, 4.69) is 26.9 Å². The first-order chi connectivity index (χ1) is 10.6. The van der Waals surface area contributed by atoms with Gasteiger partial charge in [-0.05, 0) is 37.9 Å². The minimum atomic E-state index is 0.205. The topological polar surface area (TPSA) is 39.7 Å². The molecule has 0 aromatic carbocycles. The van der Waals surface area contributed by atoms with Crippen LogP contribution >= 0.6 is 0 Å². The Morgan fingerprint density at radius 1 is 1.27 bits per heavy atom. The molecule has 3 rings (SSSR count). The van der Waals surface area contributed by atoms with Gasteiger partial charge in [-0.15, -0.1) is 0 Å². The predicted molar refractivity (Wildman–Crippen MR) is 87.9 cm³/mol. The monoisotopic (exact) mass is 302 g/mol. The fourth-order valence-electron chi connectivity index (χ4n) is 3.78. The number of likely N-dealkylation sites (tertiary alicyclic amines) is 1. The molecule has 1 aromatic rings. The number of rotatable bonds is 3. The summed E-state index contributed by atoms with van der Waals surface area (Å²) in [5.74, 6) is 1.29. The molecule has 5 nitrogen and oxygen atoms in total. The Morgan fingerprint density at radius 3 is 2.86 bits per heavy atom. The minimum Gasteiger partial charge on any atom is -0.356 e. The van der Waals surface area contributed by atoms with Gasteiger partial charge in [-0.1, -0.05) is 6.07 Å². The van der Waals surface area contributed by atoms with Crippen LogP contribution in [0.25, 0.3) is 0 Å². The van der Waals surface area contributed by atoms with Gasteiger partial charge in [-0.25, -0.2) is 4.98 Å². The van der Waals surface area contributed by atoms with Crippen LogP contribution in [0.2, 0.25) is 0 Å². The molecular formula is C17H26N4O. The van der Waals surface area contributed by atoms with Crippen molar-refractivity contribution in [2.24, 2.45) is 5.41 Å². The normalized spacial score (nSPS) is 25.6. The van der Waals surface area contributed by atoms with Gasteiger partial charge in [0.1, 0.15) is 5.82 Å². The van der Waals surface area contributed by atoms with E-state index in [0.717, 1.165) is 32.0 Å². The Morgan fingerprint density at radius 2 is 2.14 bits per heavy atom. The highest BCUT2D eigenvalue weighted by Crippen LogP contribution is 2.40. The molecule has 2 fully saturated rings. The van der Waals surface area contributed by atoms with Crippen molar-refractivity contribution in [3.8, 4) is 0 Å². The molecule has 120 valence electrons. The first-order valence-corrected chi connectivity index (χ1v) is 8.17. The summed E-state index contributed by atoms with van der Waals surface area (Å²) in [4.78, 5) is 22.9. The smallest absolute Gasteiger partial charge is 0.236 e. The van der Waals surface area contributed by atoms with Crippen molar-refractivity contribution in [1.82, 2.24) is 14.8 Å². The average molecular weight is 302 g/mol. The molecule has 3 heterocycles. The van der Waals surface area contributed by atoms with E-state index >= 15 is 0 Å². The second-order valence-electron chi connectivity index (χ2n) is 6.96. The number of hydrogen-bond acceptors (Lipinski definition) is 4. The van der Waals surface area contributed by atoms with Crippen LogP contribution in [0, 0.1) is 5.41 Å². The maximum absolute atomic E-state index is 12.0. The summed E-state index contributed by atoms with van der Waals surface area (Å²) in [5, 5.41) is 0. The van der Waals surface area contributed by atoms with Gasteiger partial charge in [-0.2, -0.15) is 0 Å². The largest absolute Gasteiger partial charge is 0.356 e. The number of anilines is 1. The minimum absolute atomic E-state index is 0.205. The lowest BCUT2D eigenvalue weighted by atomic mass is 9.79. The third kappa shape index (κ3) is 3.24. The first kappa shape index (κ1) is 15.3. The van der Waals surface area contributed by atoms with E-state index < -0.39 is 0 Å². The molecule has 1 amide bonds. The number of nitrogens with zero attached hydrogens (tertiary/aromatic N) is 4. The predicted octanol–water partition coefficient (Wildman–Crippen LogP) is 1.46. The number of aromatic nitrogens is 1. The molecule has 1 aromatic heterocycles. The van der Waals surface area contributed by atoms with Crippen LogP contribution in [0.5, 0.6) is 0 Å². The molecule has 2 aliphatic heterocycles. The zero-order chi connectivity index (χ0) is 15.6. The summed E-state index contributed by atoms with van der Waals surface area (Å²) in [6.45, 7) is 4.78. The van der Waals surface area contributed by atoms with Crippen molar-refractivity contribution < 1.29 is 4.79 Å². The van der Waals surface area contributed by atoms with E-state index in [-0.39, 0.29) is 5.91 Å². The Kier molecular flexibility index (Phi) is 4.34. The van der Waals surface area contributed by atoms with Crippen molar-refractivity contribution in [1.29, 1.82) is 0 Å². The van der Waals surface area contributed by atoms with Crippen molar-refractivity contribution >= 4 is 11.7 Å². The summed E-state index contributed by atoms with van der Waals surface area (Å²) in [7, 11) is 3.67. The number of carbonyl (C=O) groups is 1. The van der Waals surface area contributed by atoms with Crippen LogP contribution in [0.1, 0.15) is 19.3 Å². The molecule has 0 radical (unpaired) electrons. The molecule has 1 atom stereocenters. The standard InChI is InChI=1S/C17H26N4O/c1-19(2)16(22)12-20-10-5-7-17(13-20)8-11-21(14-17)15-6-3-4-9-18-15/h3-4,6,9H,5,7-8,10-14H2,1-2H3. The lowest BCUT2D eigenvalue weighted by molar-refractivity contribution is -0.130. The fraction of sp³-hybridized carbons (Fsp3) is 0.647. The maximum Gasteiger partial charge on any atom is 0.236 e. The van der Waals surface area contributed by atoms with Crippen molar-refractivity contribution in [2.45, 2.75) is 19.3 Å². The van der Waals surface area contributed by atoms with Crippen LogP contribution in [0.4, 0.5) is 5.82 Å². The molecule has 1 spiro atoms. The Hall–Kier alpha value is -1.62. The van der Waals surface area contributed by atoms with Crippen molar-refractivity contribution in [3.63, 3.8) is 0 Å². The molecule has 0 N–H and O–H groups in total. The van der Waals surface area contributed by atoms with Crippen LogP contribution in [0.15, 0.2) is 24.4 Å². The summed E-state index contributed by atoms with van der Waals surface area (Å²) in [6, 6.07) is 6.11. The van der Waals surface area contributed by atoms with Gasteiger partial charge < -0.3 is 9.80 Å². The van der Waals surface area contributed by atoms with Gasteiger partial charge in [0.2, 0.25) is 5.91 Å². The van der Waals surface area contributed by atoms with Crippen LogP contribution in [0.3, 0.4) is 0 Å². The molecule has 0 aliphatic carbocycles. The maximum atomic E-state index is 12.0. The second-order valence-corrected chi connectivity index (χ2v) is 6.96. The zero-order valence-corrected chi connectivity index (χ0v) is 13.7. The molecule has 2 aliphatic rings. The average Bonchev–Trinajstić information content (AvgIpc) is 2.91. The van der Waals surface area contributed by atoms with Crippen molar-refractivity contribution in [3.05, 3.63) is 24.4 Å². The van der Waals surface area contributed by atoms with Crippen LogP contribution < -0.4 is 4.90 Å². The van der Waals surface area contributed by atoms with Crippen LogP contribution in [-0.4, -0.2) is 67.5 Å². The highest BCUT2D eigenvalue weighted by molar-refractivity contribution is 5.77. The highest BCUT2D eigenvalue weighted by Gasteiger charge is 2.41. The molecule has 22 heavy (non-hydrogen) atoms. The number of likely N-dealkylation sites (N-methyl/N-ethyl adjacent to an activating group) is 1. The van der Waals surface area contributed by atoms with Crippen molar-refractivity contribution in [2.75, 3.05) is 51.7 Å². The highest BCUT2D eigenvalue weighted by atomic mass is 16.2. The quantitative estimate of drug-likeness (QED) is 0.847. The Bertz CT molecular complexity index is 519. The third-order valence-electron chi connectivity index (χ3n) is 5.01. The lowest BCUT2D eigenvalue weighted by Crippen LogP contribution is -2.48.